The minimum atomic E-state index is -3.65. The molecule has 0 radical (unpaired) electrons. The lowest BCUT2D eigenvalue weighted by atomic mass is 10.1. The number of nitrogens with zero attached hydrogens (tertiary/aromatic N) is 1. The second-order valence-electron chi connectivity index (χ2n) is 4.79. The van der Waals surface area contributed by atoms with Crippen LogP contribution in [0.3, 0.4) is 0 Å². The van der Waals surface area contributed by atoms with Crippen molar-refractivity contribution in [1.29, 1.82) is 0 Å². The van der Waals surface area contributed by atoms with Crippen molar-refractivity contribution >= 4 is 31.3 Å². The van der Waals surface area contributed by atoms with E-state index in [1.54, 1.807) is 24.3 Å². The topological polar surface area (TPSA) is 63.7 Å². The zero-order valence-electron chi connectivity index (χ0n) is 11.2. The van der Waals surface area contributed by atoms with Gasteiger partial charge in [-0.15, -0.1) is 0 Å². The summed E-state index contributed by atoms with van der Waals surface area (Å²) in [5, 5.41) is 0. The van der Waals surface area contributed by atoms with E-state index >= 15 is 0 Å². The van der Waals surface area contributed by atoms with Crippen LogP contribution in [-0.4, -0.2) is 39.9 Å². The van der Waals surface area contributed by atoms with Gasteiger partial charge >= 0.3 is 0 Å². The highest BCUT2D eigenvalue weighted by atomic mass is 35.7. The highest BCUT2D eigenvalue weighted by Crippen LogP contribution is 2.33. The van der Waals surface area contributed by atoms with Crippen LogP contribution in [0.4, 0.5) is 10.1 Å². The maximum absolute atomic E-state index is 12.2. The Morgan fingerprint density at radius 1 is 1.38 bits per heavy atom. The second kappa shape index (κ2) is 6.62. The molecule has 0 spiro atoms. The highest BCUT2D eigenvalue weighted by Gasteiger charge is 2.34. The largest absolute Gasteiger partial charge is 0.489 e. The fourth-order valence-corrected chi connectivity index (χ4v) is 3.68. The van der Waals surface area contributed by atoms with Crippen molar-refractivity contribution in [1.82, 2.24) is 0 Å². The molecular weight excluding hydrogens is 321 g/mol. The van der Waals surface area contributed by atoms with Gasteiger partial charge in [-0.2, -0.15) is 0 Å². The van der Waals surface area contributed by atoms with Gasteiger partial charge in [-0.25, -0.2) is 12.8 Å². The molecule has 0 saturated carbocycles. The van der Waals surface area contributed by atoms with E-state index in [2.05, 4.69) is 0 Å². The van der Waals surface area contributed by atoms with Gasteiger partial charge in [0.15, 0.2) is 0 Å². The van der Waals surface area contributed by atoms with E-state index in [4.69, 9.17) is 15.4 Å². The maximum atomic E-state index is 12.2. The van der Waals surface area contributed by atoms with E-state index in [0.29, 0.717) is 11.4 Å². The first-order valence-corrected chi connectivity index (χ1v) is 8.89. The number of carbonyl (C=O) groups excluding carboxylic acids is 1. The third-order valence-corrected chi connectivity index (χ3v) is 4.38. The van der Waals surface area contributed by atoms with Gasteiger partial charge in [0.25, 0.3) is 0 Å². The van der Waals surface area contributed by atoms with E-state index in [0.717, 1.165) is 0 Å². The second-order valence-corrected chi connectivity index (χ2v) is 7.61. The molecule has 1 unspecified atom stereocenters. The molecule has 21 heavy (non-hydrogen) atoms. The molecule has 1 aliphatic heterocycles. The Bertz CT molecular complexity index is 622. The molecule has 116 valence electrons. The smallest absolute Gasteiger partial charge is 0.232 e. The molecule has 8 heteroatoms. The summed E-state index contributed by atoms with van der Waals surface area (Å²) in [6.45, 7) is -0.477. The summed E-state index contributed by atoms with van der Waals surface area (Å²) in [6, 6.07) is 6.78. The third kappa shape index (κ3) is 4.31. The average molecular weight is 336 g/mol. The maximum Gasteiger partial charge on any atom is 0.232 e. The summed E-state index contributed by atoms with van der Waals surface area (Å²) < 4.78 is 39.7. The van der Waals surface area contributed by atoms with Crippen molar-refractivity contribution in [3.05, 3.63) is 24.3 Å². The Balaban J connectivity index is 2.17. The van der Waals surface area contributed by atoms with Gasteiger partial charge in [0.1, 0.15) is 19.0 Å². The van der Waals surface area contributed by atoms with Crippen LogP contribution in [0.15, 0.2) is 24.3 Å². The van der Waals surface area contributed by atoms with E-state index in [1.807, 2.05) is 0 Å². The Morgan fingerprint density at radius 2 is 2.10 bits per heavy atom. The van der Waals surface area contributed by atoms with E-state index < -0.39 is 15.7 Å². The van der Waals surface area contributed by atoms with E-state index in [9.17, 15) is 17.6 Å². The Labute approximate surface area is 127 Å². The number of benzene rings is 1. The van der Waals surface area contributed by atoms with Crippen LogP contribution in [0.2, 0.25) is 0 Å². The average Bonchev–Trinajstić information content (AvgIpc) is 2.75. The standard InChI is InChI=1S/C13H15ClFNO4S/c14-21(18,19)9-10-7-13(17)16(8-10)11-3-1-2-4-12(11)20-6-5-15/h1-4,10H,5-9H2. The van der Waals surface area contributed by atoms with Gasteiger partial charge in [-0.3, -0.25) is 4.79 Å². The third-order valence-electron chi connectivity index (χ3n) is 3.13. The molecule has 1 saturated heterocycles. The fraction of sp³-hybridized carbons (Fsp3) is 0.462. The summed E-state index contributed by atoms with van der Waals surface area (Å²) in [4.78, 5) is 13.5. The van der Waals surface area contributed by atoms with Crippen LogP contribution >= 0.6 is 10.7 Å². The number of carbonyl (C=O) groups is 1. The van der Waals surface area contributed by atoms with Crippen LogP contribution < -0.4 is 9.64 Å². The number of amides is 1. The lowest BCUT2D eigenvalue weighted by Gasteiger charge is -2.20. The van der Waals surface area contributed by atoms with Crippen LogP contribution in [0.25, 0.3) is 0 Å². The summed E-state index contributed by atoms with van der Waals surface area (Å²) in [5.41, 5.74) is 0.519. The first kappa shape index (κ1) is 16.0. The summed E-state index contributed by atoms with van der Waals surface area (Å²) >= 11 is 0. The molecule has 2 rings (SSSR count). The van der Waals surface area contributed by atoms with Crippen molar-refractivity contribution in [2.24, 2.45) is 5.92 Å². The fourth-order valence-electron chi connectivity index (χ4n) is 2.36. The number of rotatable bonds is 6. The molecule has 0 aromatic heterocycles. The minimum Gasteiger partial charge on any atom is -0.489 e. The SMILES string of the molecule is O=C1CC(CS(=O)(=O)Cl)CN1c1ccccc1OCCF. The Hall–Kier alpha value is -1.34. The molecular formula is C13H15ClFNO4S. The number of ether oxygens (including phenoxy) is 1. The van der Waals surface area contributed by atoms with Gasteiger partial charge in [-0.05, 0) is 12.1 Å². The number of hydrogen-bond donors (Lipinski definition) is 0. The van der Waals surface area contributed by atoms with Gasteiger partial charge in [0.2, 0.25) is 15.0 Å². The normalized spacial score (nSPS) is 19.0. The number of alkyl halides is 1. The molecule has 1 heterocycles. The molecule has 1 atom stereocenters. The van der Waals surface area contributed by atoms with Crippen LogP contribution in [0.5, 0.6) is 5.75 Å². The predicted octanol–water partition coefficient (Wildman–Crippen LogP) is 1.96. The minimum absolute atomic E-state index is 0.0987. The van der Waals surface area contributed by atoms with Crippen molar-refractivity contribution in [2.45, 2.75) is 6.42 Å². The van der Waals surface area contributed by atoms with Crippen molar-refractivity contribution in [3.8, 4) is 5.75 Å². The lowest BCUT2D eigenvalue weighted by molar-refractivity contribution is -0.117. The molecule has 1 aromatic carbocycles. The Morgan fingerprint density at radius 3 is 2.76 bits per heavy atom. The van der Waals surface area contributed by atoms with Crippen LogP contribution in [-0.2, 0) is 13.8 Å². The summed E-state index contributed by atoms with van der Waals surface area (Å²) in [5.74, 6) is -0.395. The van der Waals surface area contributed by atoms with Crippen LogP contribution in [0, 0.1) is 5.92 Å². The van der Waals surface area contributed by atoms with Gasteiger partial charge in [0, 0.05) is 29.6 Å². The summed E-state index contributed by atoms with van der Waals surface area (Å²) in [6.07, 6.45) is 0.114. The highest BCUT2D eigenvalue weighted by molar-refractivity contribution is 8.13. The molecule has 1 aromatic rings. The number of hydrogen-bond acceptors (Lipinski definition) is 4. The molecule has 1 amide bonds. The van der Waals surface area contributed by atoms with Crippen molar-refractivity contribution < 1.29 is 22.3 Å². The van der Waals surface area contributed by atoms with E-state index in [-0.39, 0.29) is 37.2 Å². The van der Waals surface area contributed by atoms with Gasteiger partial charge in [-0.1, -0.05) is 12.1 Å². The first-order valence-electron chi connectivity index (χ1n) is 6.41. The first-order chi connectivity index (χ1) is 9.90. The predicted molar refractivity (Wildman–Crippen MR) is 78.0 cm³/mol. The molecule has 5 nitrogen and oxygen atoms in total. The molecule has 0 bridgehead atoms. The lowest BCUT2D eigenvalue weighted by Crippen LogP contribution is -2.26. The molecule has 0 N–H and O–H groups in total. The quantitative estimate of drug-likeness (QED) is 0.745. The number of halogens is 2. The van der Waals surface area contributed by atoms with Gasteiger partial charge < -0.3 is 9.64 Å². The van der Waals surface area contributed by atoms with Crippen molar-refractivity contribution in [2.75, 3.05) is 30.5 Å². The Kier molecular flexibility index (Phi) is 5.05. The van der Waals surface area contributed by atoms with E-state index in [1.165, 1.54) is 4.90 Å². The molecule has 0 aliphatic carbocycles. The summed E-state index contributed by atoms with van der Waals surface area (Å²) in [7, 11) is 1.58. The van der Waals surface area contributed by atoms with Gasteiger partial charge in [0.05, 0.1) is 11.4 Å². The molecule has 1 aliphatic rings. The monoisotopic (exact) mass is 335 g/mol. The number of anilines is 1. The molecule has 1 fully saturated rings. The number of para-hydroxylation sites is 2. The van der Waals surface area contributed by atoms with Crippen LogP contribution in [0.1, 0.15) is 6.42 Å². The zero-order chi connectivity index (χ0) is 15.5. The zero-order valence-corrected chi connectivity index (χ0v) is 12.7. The van der Waals surface area contributed by atoms with Crippen molar-refractivity contribution in [3.63, 3.8) is 0 Å².